The van der Waals surface area contributed by atoms with Crippen LogP contribution in [0.25, 0.3) is 22.3 Å². The number of hydrogen-bond donors (Lipinski definition) is 2. The van der Waals surface area contributed by atoms with Crippen LogP contribution in [0.15, 0.2) is 42.6 Å². The molecule has 8 nitrogen and oxygen atoms in total. The second kappa shape index (κ2) is 6.65. The lowest BCUT2D eigenvalue weighted by atomic mass is 10.0. The van der Waals surface area contributed by atoms with E-state index in [1.165, 1.54) is 0 Å². The van der Waals surface area contributed by atoms with Gasteiger partial charge in [0.1, 0.15) is 17.0 Å². The molecule has 3 N–H and O–H groups in total. The minimum atomic E-state index is -1.00. The number of aliphatic hydroxyl groups is 1. The molecular weight excluding hydrogens is 354 g/mol. The summed E-state index contributed by atoms with van der Waals surface area (Å²) in [6.07, 6.45) is 1.81. The third-order valence-corrected chi connectivity index (χ3v) is 4.48. The molecule has 3 heterocycles. The number of hydrogen-bond acceptors (Lipinski definition) is 7. The Kier molecular flexibility index (Phi) is 4.27. The first-order chi connectivity index (χ1) is 13.3. The summed E-state index contributed by atoms with van der Waals surface area (Å²) < 4.78 is 1.69. The van der Waals surface area contributed by atoms with Gasteiger partial charge in [-0.05, 0) is 38.5 Å². The van der Waals surface area contributed by atoms with E-state index in [1.54, 1.807) is 24.6 Å². The summed E-state index contributed by atoms with van der Waals surface area (Å²) >= 11 is 0. The second-order valence-electron chi connectivity index (χ2n) is 7.28. The van der Waals surface area contributed by atoms with E-state index in [0.29, 0.717) is 23.6 Å². The lowest BCUT2D eigenvalue weighted by Crippen LogP contribution is -2.18. The maximum Gasteiger partial charge on any atom is 0.221 e. The van der Waals surface area contributed by atoms with Crippen molar-refractivity contribution in [1.82, 2.24) is 29.9 Å². The lowest BCUT2D eigenvalue weighted by molar-refractivity contribution is 0.0736. The van der Waals surface area contributed by atoms with Gasteiger partial charge in [0, 0.05) is 5.39 Å². The summed E-state index contributed by atoms with van der Waals surface area (Å²) in [6, 6.07) is 11.4. The minimum Gasteiger partial charge on any atom is -0.384 e. The van der Waals surface area contributed by atoms with Gasteiger partial charge in [0.25, 0.3) is 0 Å². The van der Waals surface area contributed by atoms with Gasteiger partial charge in [-0.25, -0.2) is 14.6 Å². The Morgan fingerprint density at radius 2 is 1.86 bits per heavy atom. The van der Waals surface area contributed by atoms with Crippen molar-refractivity contribution in [2.75, 3.05) is 5.73 Å². The Hall–Kier alpha value is -3.39. The first kappa shape index (κ1) is 18.0. The molecule has 4 aromatic rings. The van der Waals surface area contributed by atoms with Gasteiger partial charge in [0.15, 0.2) is 0 Å². The highest BCUT2D eigenvalue weighted by Gasteiger charge is 2.18. The highest BCUT2D eigenvalue weighted by Crippen LogP contribution is 2.27. The predicted molar refractivity (Wildman–Crippen MR) is 106 cm³/mol. The number of benzene rings is 1. The van der Waals surface area contributed by atoms with Gasteiger partial charge < -0.3 is 10.8 Å². The van der Waals surface area contributed by atoms with E-state index >= 15 is 0 Å². The van der Waals surface area contributed by atoms with Crippen LogP contribution >= 0.6 is 0 Å². The summed E-state index contributed by atoms with van der Waals surface area (Å²) in [6.45, 7) is 5.82. The predicted octanol–water partition coefficient (Wildman–Crippen LogP) is 2.45. The third kappa shape index (κ3) is 3.41. The summed E-state index contributed by atoms with van der Waals surface area (Å²) in [7, 11) is 0. The number of nitrogens with zero attached hydrogens (tertiary/aromatic N) is 6. The number of pyridine rings is 1. The van der Waals surface area contributed by atoms with Gasteiger partial charge in [-0.1, -0.05) is 29.5 Å². The van der Waals surface area contributed by atoms with Crippen LogP contribution in [-0.2, 0) is 12.1 Å². The Labute approximate surface area is 162 Å². The van der Waals surface area contributed by atoms with Crippen molar-refractivity contribution in [2.45, 2.75) is 32.9 Å². The van der Waals surface area contributed by atoms with Gasteiger partial charge in [-0.3, -0.25) is 4.98 Å². The molecule has 3 aromatic heterocycles. The number of nitrogens with two attached hydrogens (primary N) is 1. The molecule has 1 aromatic carbocycles. The summed E-state index contributed by atoms with van der Waals surface area (Å²) in [5.74, 6) is 0.200. The number of rotatable bonds is 4. The molecule has 4 rings (SSSR count). The summed E-state index contributed by atoms with van der Waals surface area (Å²) in [5.41, 5.74) is 9.38. The molecule has 0 radical (unpaired) electrons. The fraction of sp³-hybridized carbons (Fsp3) is 0.250. The van der Waals surface area contributed by atoms with Crippen molar-refractivity contribution >= 4 is 16.9 Å². The molecule has 28 heavy (non-hydrogen) atoms. The number of anilines is 1. The van der Waals surface area contributed by atoms with Crippen LogP contribution in [0.1, 0.15) is 30.8 Å². The summed E-state index contributed by atoms with van der Waals surface area (Å²) in [4.78, 5) is 13.2. The highest BCUT2D eigenvalue weighted by atomic mass is 16.3. The highest BCUT2D eigenvalue weighted by molar-refractivity contribution is 5.93. The Bertz CT molecular complexity index is 1160. The Morgan fingerprint density at radius 3 is 2.64 bits per heavy atom. The monoisotopic (exact) mass is 375 g/mol. The van der Waals surface area contributed by atoms with Crippen molar-refractivity contribution in [1.29, 1.82) is 0 Å². The lowest BCUT2D eigenvalue weighted by Gasteiger charge is -2.17. The summed E-state index contributed by atoms with van der Waals surface area (Å²) in [5, 5.41) is 19.5. The Balaban J connectivity index is 1.70. The van der Waals surface area contributed by atoms with Crippen LogP contribution in [0, 0.1) is 6.92 Å². The van der Waals surface area contributed by atoms with Crippen molar-refractivity contribution in [2.24, 2.45) is 0 Å². The fourth-order valence-corrected chi connectivity index (χ4v) is 3.07. The first-order valence-corrected chi connectivity index (χ1v) is 8.93. The molecule has 0 aliphatic carbocycles. The molecular formula is C20H21N7O. The largest absolute Gasteiger partial charge is 0.384 e. The number of fused-ring (bicyclic) bond motifs is 1. The van der Waals surface area contributed by atoms with E-state index in [2.05, 4.69) is 25.3 Å². The van der Waals surface area contributed by atoms with E-state index in [4.69, 9.17) is 5.73 Å². The molecule has 0 atom stereocenters. The van der Waals surface area contributed by atoms with E-state index in [0.717, 1.165) is 22.2 Å². The number of aryl methyl sites for hydroxylation is 1. The van der Waals surface area contributed by atoms with Gasteiger partial charge in [-0.15, -0.1) is 5.10 Å². The van der Waals surface area contributed by atoms with Crippen LogP contribution in [-0.4, -0.2) is 35.1 Å². The minimum absolute atomic E-state index is 0.200. The third-order valence-electron chi connectivity index (χ3n) is 4.48. The van der Waals surface area contributed by atoms with Crippen molar-refractivity contribution in [3.63, 3.8) is 0 Å². The first-order valence-electron chi connectivity index (χ1n) is 8.93. The van der Waals surface area contributed by atoms with E-state index in [9.17, 15) is 5.11 Å². The average Bonchev–Trinajstić information content (AvgIpc) is 3.10. The van der Waals surface area contributed by atoms with Crippen LogP contribution in [0.3, 0.4) is 0 Å². The zero-order chi connectivity index (χ0) is 19.9. The van der Waals surface area contributed by atoms with Gasteiger partial charge in [0.2, 0.25) is 5.95 Å². The van der Waals surface area contributed by atoms with E-state index < -0.39 is 5.60 Å². The fourth-order valence-electron chi connectivity index (χ4n) is 3.07. The zero-order valence-corrected chi connectivity index (χ0v) is 16.0. The molecule has 142 valence electrons. The van der Waals surface area contributed by atoms with Crippen LogP contribution in [0.4, 0.5) is 5.95 Å². The topological polar surface area (TPSA) is 116 Å². The van der Waals surface area contributed by atoms with Crippen molar-refractivity contribution in [3.05, 3.63) is 59.5 Å². The molecule has 0 spiro atoms. The molecule has 0 aliphatic rings. The maximum atomic E-state index is 10.2. The molecule has 0 fully saturated rings. The van der Waals surface area contributed by atoms with Crippen molar-refractivity contribution in [3.8, 4) is 11.4 Å². The average molecular weight is 375 g/mol. The maximum absolute atomic E-state index is 10.2. The molecule has 0 saturated carbocycles. The van der Waals surface area contributed by atoms with E-state index in [1.807, 2.05) is 43.5 Å². The van der Waals surface area contributed by atoms with Gasteiger partial charge in [-0.2, -0.15) is 0 Å². The molecule has 0 aliphatic heterocycles. The smallest absolute Gasteiger partial charge is 0.221 e. The van der Waals surface area contributed by atoms with E-state index in [-0.39, 0.29) is 5.95 Å². The molecule has 0 bridgehead atoms. The molecule has 0 unspecified atom stereocenters. The van der Waals surface area contributed by atoms with Gasteiger partial charge >= 0.3 is 0 Å². The second-order valence-corrected chi connectivity index (χ2v) is 7.28. The van der Waals surface area contributed by atoms with Crippen molar-refractivity contribution < 1.29 is 5.11 Å². The zero-order valence-electron chi connectivity index (χ0n) is 16.0. The quantitative estimate of drug-likeness (QED) is 0.563. The standard InChI is InChI=1S/C20H21N7O/c1-12-6-4-8-14-17(12)23-19(21)24-18(14)15-11-27(26-25-15)10-13-7-5-9-16(22-13)20(2,3)28/h4-9,11,28H,10H2,1-3H3,(H2,21,23,24). The SMILES string of the molecule is Cc1cccc2c(-c3cn(Cc4cccc(C(C)(C)O)n4)nn3)nc(N)nc12. The number of nitrogen functional groups attached to an aromatic ring is 1. The van der Waals surface area contributed by atoms with Crippen LogP contribution in [0.2, 0.25) is 0 Å². The Morgan fingerprint density at radius 1 is 1.07 bits per heavy atom. The van der Waals surface area contributed by atoms with Gasteiger partial charge in [0.05, 0.1) is 29.6 Å². The molecule has 0 saturated heterocycles. The van der Waals surface area contributed by atoms with Crippen LogP contribution < -0.4 is 5.73 Å². The number of aromatic nitrogens is 6. The molecule has 8 heteroatoms. The number of para-hydroxylation sites is 1. The normalized spacial score (nSPS) is 11.9. The molecule has 0 amide bonds. The van der Waals surface area contributed by atoms with Crippen LogP contribution in [0.5, 0.6) is 0 Å².